The van der Waals surface area contributed by atoms with Crippen molar-refractivity contribution in [2.24, 2.45) is 0 Å². The zero-order valence-electron chi connectivity index (χ0n) is 13.7. The summed E-state index contributed by atoms with van der Waals surface area (Å²) in [7, 11) is 0. The second-order valence-corrected chi connectivity index (χ2v) is 6.82. The van der Waals surface area contributed by atoms with Gasteiger partial charge in [-0.1, -0.05) is 60.1 Å². The van der Waals surface area contributed by atoms with Crippen LogP contribution in [0, 0.1) is 0 Å². The highest BCUT2D eigenvalue weighted by atomic mass is 35.5. The number of fused-ring (bicyclic) bond motifs is 1. The number of hydrogen-bond acceptors (Lipinski definition) is 2. The Morgan fingerprint density at radius 2 is 1.46 bits per heavy atom. The summed E-state index contributed by atoms with van der Waals surface area (Å²) in [6, 6.07) is 23.5. The van der Waals surface area contributed by atoms with Crippen LogP contribution in [0.25, 0.3) is 10.8 Å². The minimum absolute atomic E-state index is 0.805. The molecule has 4 rings (SSSR count). The van der Waals surface area contributed by atoms with Crippen molar-refractivity contribution in [1.82, 2.24) is 4.90 Å². The van der Waals surface area contributed by atoms with Gasteiger partial charge in [0.2, 0.25) is 0 Å². The molecule has 1 saturated heterocycles. The Balaban J connectivity index is 1.45. The zero-order chi connectivity index (χ0) is 16.4. The fraction of sp³-hybridized carbons (Fsp3) is 0.238. The maximum absolute atomic E-state index is 5.97. The number of rotatable bonds is 3. The summed E-state index contributed by atoms with van der Waals surface area (Å²) in [6.45, 7) is 5.32. The van der Waals surface area contributed by atoms with Crippen LogP contribution in [0.2, 0.25) is 5.02 Å². The van der Waals surface area contributed by atoms with Crippen LogP contribution >= 0.6 is 11.6 Å². The molecule has 0 saturated carbocycles. The maximum Gasteiger partial charge on any atom is 0.0446 e. The van der Waals surface area contributed by atoms with E-state index in [1.165, 1.54) is 22.0 Å². The SMILES string of the molecule is Clc1ccc(CN2CCN(c3cccc4ccccc34)CC2)cc1. The van der Waals surface area contributed by atoms with E-state index in [2.05, 4.69) is 64.4 Å². The van der Waals surface area contributed by atoms with Crippen LogP contribution < -0.4 is 4.90 Å². The van der Waals surface area contributed by atoms with Gasteiger partial charge in [0.1, 0.15) is 0 Å². The van der Waals surface area contributed by atoms with Crippen LogP contribution in [-0.2, 0) is 6.54 Å². The molecule has 3 aromatic carbocycles. The third kappa shape index (κ3) is 3.26. The normalized spacial score (nSPS) is 15.8. The number of benzene rings is 3. The van der Waals surface area contributed by atoms with Crippen molar-refractivity contribution in [2.45, 2.75) is 6.54 Å². The molecule has 1 heterocycles. The summed E-state index contributed by atoms with van der Waals surface area (Å²) in [6.07, 6.45) is 0. The van der Waals surface area contributed by atoms with E-state index in [4.69, 9.17) is 11.6 Å². The van der Waals surface area contributed by atoms with Gasteiger partial charge in [-0.25, -0.2) is 0 Å². The van der Waals surface area contributed by atoms with E-state index < -0.39 is 0 Å². The topological polar surface area (TPSA) is 6.48 Å². The molecule has 0 atom stereocenters. The van der Waals surface area contributed by atoms with Crippen molar-refractivity contribution in [3.05, 3.63) is 77.3 Å². The van der Waals surface area contributed by atoms with E-state index in [9.17, 15) is 0 Å². The molecule has 0 aromatic heterocycles. The van der Waals surface area contributed by atoms with E-state index >= 15 is 0 Å². The molecule has 1 aliphatic heterocycles. The van der Waals surface area contributed by atoms with Gasteiger partial charge in [0.15, 0.2) is 0 Å². The highest BCUT2D eigenvalue weighted by molar-refractivity contribution is 6.30. The first-order valence-corrected chi connectivity index (χ1v) is 8.87. The summed E-state index contributed by atoms with van der Waals surface area (Å²) >= 11 is 5.97. The first-order chi connectivity index (χ1) is 11.8. The van der Waals surface area contributed by atoms with Crippen LogP contribution in [0.3, 0.4) is 0 Å². The van der Waals surface area contributed by atoms with Gasteiger partial charge in [-0.15, -0.1) is 0 Å². The first-order valence-electron chi connectivity index (χ1n) is 8.49. The zero-order valence-corrected chi connectivity index (χ0v) is 14.4. The molecule has 3 aromatic rings. The van der Waals surface area contributed by atoms with E-state index in [-0.39, 0.29) is 0 Å². The van der Waals surface area contributed by atoms with Crippen LogP contribution in [0.4, 0.5) is 5.69 Å². The fourth-order valence-electron chi connectivity index (χ4n) is 3.48. The first kappa shape index (κ1) is 15.5. The molecular weight excluding hydrogens is 316 g/mol. The highest BCUT2D eigenvalue weighted by Gasteiger charge is 2.18. The quantitative estimate of drug-likeness (QED) is 0.677. The summed E-state index contributed by atoms with van der Waals surface area (Å²) in [4.78, 5) is 5.03. The minimum Gasteiger partial charge on any atom is -0.368 e. The van der Waals surface area contributed by atoms with Crippen molar-refractivity contribution < 1.29 is 0 Å². The Hall–Kier alpha value is -2.03. The monoisotopic (exact) mass is 336 g/mol. The van der Waals surface area contributed by atoms with Gasteiger partial charge >= 0.3 is 0 Å². The van der Waals surface area contributed by atoms with Gasteiger partial charge in [-0.05, 0) is 29.1 Å². The molecule has 3 heteroatoms. The van der Waals surface area contributed by atoms with Crippen LogP contribution in [0.15, 0.2) is 66.7 Å². The fourth-order valence-corrected chi connectivity index (χ4v) is 3.60. The Kier molecular flexibility index (Phi) is 4.42. The molecule has 0 aliphatic carbocycles. The van der Waals surface area contributed by atoms with Gasteiger partial charge in [0.05, 0.1) is 0 Å². The second kappa shape index (κ2) is 6.84. The number of hydrogen-bond donors (Lipinski definition) is 0. The minimum atomic E-state index is 0.805. The molecule has 0 bridgehead atoms. The average Bonchev–Trinajstić information content (AvgIpc) is 2.64. The molecule has 0 radical (unpaired) electrons. The molecule has 0 unspecified atom stereocenters. The number of piperazine rings is 1. The van der Waals surface area contributed by atoms with Gasteiger partial charge in [0, 0.05) is 48.8 Å². The van der Waals surface area contributed by atoms with Crippen molar-refractivity contribution >= 4 is 28.1 Å². The van der Waals surface area contributed by atoms with Crippen LogP contribution in [0.1, 0.15) is 5.56 Å². The predicted molar refractivity (Wildman–Crippen MR) is 103 cm³/mol. The van der Waals surface area contributed by atoms with E-state index in [1.807, 2.05) is 12.1 Å². The lowest BCUT2D eigenvalue weighted by molar-refractivity contribution is 0.250. The Morgan fingerprint density at radius 3 is 2.25 bits per heavy atom. The van der Waals surface area contributed by atoms with E-state index in [1.54, 1.807) is 0 Å². The number of halogens is 1. The molecule has 0 spiro atoms. The van der Waals surface area contributed by atoms with Crippen molar-refractivity contribution in [1.29, 1.82) is 0 Å². The Bertz CT molecular complexity index is 815. The van der Waals surface area contributed by atoms with E-state index in [0.29, 0.717) is 0 Å². The lowest BCUT2D eigenvalue weighted by atomic mass is 10.1. The molecular formula is C21H21ClN2. The lowest BCUT2D eigenvalue weighted by Gasteiger charge is -2.36. The summed E-state index contributed by atoms with van der Waals surface area (Å²) < 4.78 is 0. The molecule has 122 valence electrons. The van der Waals surface area contributed by atoms with Crippen molar-refractivity contribution in [3.8, 4) is 0 Å². The molecule has 1 aliphatic rings. The molecule has 0 N–H and O–H groups in total. The maximum atomic E-state index is 5.97. The molecule has 0 amide bonds. The summed E-state index contributed by atoms with van der Waals surface area (Å²) in [5, 5.41) is 3.48. The molecule has 1 fully saturated rings. The smallest absolute Gasteiger partial charge is 0.0446 e. The average molecular weight is 337 g/mol. The number of anilines is 1. The van der Waals surface area contributed by atoms with Gasteiger partial charge in [0.25, 0.3) is 0 Å². The Labute approximate surface area is 148 Å². The molecule has 2 nitrogen and oxygen atoms in total. The lowest BCUT2D eigenvalue weighted by Crippen LogP contribution is -2.46. The van der Waals surface area contributed by atoms with Gasteiger partial charge < -0.3 is 4.90 Å². The summed E-state index contributed by atoms with van der Waals surface area (Å²) in [5.74, 6) is 0. The van der Waals surface area contributed by atoms with Crippen molar-refractivity contribution in [3.63, 3.8) is 0 Å². The van der Waals surface area contributed by atoms with Crippen LogP contribution in [0.5, 0.6) is 0 Å². The van der Waals surface area contributed by atoms with Crippen LogP contribution in [-0.4, -0.2) is 31.1 Å². The Morgan fingerprint density at radius 1 is 0.750 bits per heavy atom. The highest BCUT2D eigenvalue weighted by Crippen LogP contribution is 2.27. The number of nitrogens with zero attached hydrogens (tertiary/aromatic N) is 2. The third-order valence-electron chi connectivity index (χ3n) is 4.80. The standard InChI is InChI=1S/C21H21ClN2/c22-19-10-8-17(9-11-19)16-23-12-14-24(15-13-23)21-7-3-5-18-4-1-2-6-20(18)21/h1-11H,12-16H2. The molecule has 24 heavy (non-hydrogen) atoms. The van der Waals surface area contributed by atoms with Gasteiger partial charge in [-0.3, -0.25) is 4.90 Å². The van der Waals surface area contributed by atoms with Gasteiger partial charge in [-0.2, -0.15) is 0 Å². The third-order valence-corrected chi connectivity index (χ3v) is 5.05. The second-order valence-electron chi connectivity index (χ2n) is 6.39. The van der Waals surface area contributed by atoms with E-state index in [0.717, 1.165) is 37.7 Å². The predicted octanol–water partition coefficient (Wildman–Crippen LogP) is 4.82. The largest absolute Gasteiger partial charge is 0.368 e. The summed E-state index contributed by atoms with van der Waals surface area (Å²) in [5.41, 5.74) is 2.69. The van der Waals surface area contributed by atoms with Crippen molar-refractivity contribution in [2.75, 3.05) is 31.1 Å².